The molecule has 0 unspecified atom stereocenters. The van der Waals surface area contributed by atoms with Crippen molar-refractivity contribution < 1.29 is 17.5 Å². The number of hydrogen-bond donors (Lipinski definition) is 3. The molecule has 2 aromatic heterocycles. The van der Waals surface area contributed by atoms with Crippen LogP contribution in [0.4, 0.5) is 16.0 Å². The van der Waals surface area contributed by atoms with Crippen LogP contribution in [0.1, 0.15) is 24.0 Å². The second-order valence-corrected chi connectivity index (χ2v) is 12.8. The van der Waals surface area contributed by atoms with E-state index in [1.807, 2.05) is 13.0 Å². The third-order valence-electron chi connectivity index (χ3n) is 7.36. The smallest absolute Gasteiger partial charge is 0.237 e. The van der Waals surface area contributed by atoms with Gasteiger partial charge in [-0.1, -0.05) is 35.9 Å². The summed E-state index contributed by atoms with van der Waals surface area (Å²) in [5.41, 5.74) is 2.37. The normalized spacial score (nSPS) is 15.2. The predicted molar refractivity (Wildman–Crippen MR) is 171 cm³/mol. The molecule has 1 aliphatic rings. The highest BCUT2D eigenvalue weighted by Crippen LogP contribution is 2.40. The summed E-state index contributed by atoms with van der Waals surface area (Å²) in [7, 11) is -3.96. The lowest BCUT2D eigenvalue weighted by atomic mass is 10.0. The number of ether oxygens (including phenoxy) is 1. The first-order valence-electron chi connectivity index (χ1n) is 14.2. The quantitative estimate of drug-likeness (QED) is 0.164. The Bertz CT molecular complexity index is 1920. The number of nitrogens with one attached hydrogen (secondary N) is 3. The van der Waals surface area contributed by atoms with Crippen LogP contribution in [-0.2, 0) is 15.8 Å². The van der Waals surface area contributed by atoms with Gasteiger partial charge in [-0.3, -0.25) is 4.72 Å². The van der Waals surface area contributed by atoms with Gasteiger partial charge in [0.25, 0.3) is 0 Å². The Morgan fingerprint density at radius 3 is 2.64 bits per heavy atom. The van der Waals surface area contributed by atoms with Gasteiger partial charge in [-0.2, -0.15) is 0 Å². The van der Waals surface area contributed by atoms with E-state index in [0.717, 1.165) is 31.5 Å². The van der Waals surface area contributed by atoms with Crippen LogP contribution < -0.4 is 20.1 Å². The maximum absolute atomic E-state index is 15.2. The molecule has 0 aliphatic carbocycles. The van der Waals surface area contributed by atoms with Crippen LogP contribution in [-0.4, -0.2) is 42.5 Å². The van der Waals surface area contributed by atoms with Crippen LogP contribution in [0, 0.1) is 12.7 Å². The van der Waals surface area contributed by atoms with E-state index >= 15 is 4.39 Å². The Hall–Kier alpha value is -4.32. The van der Waals surface area contributed by atoms with Crippen molar-refractivity contribution in [2.45, 2.75) is 31.6 Å². The number of nitrogens with zero attached hydrogens (tertiary/aromatic N) is 3. The summed E-state index contributed by atoms with van der Waals surface area (Å²) in [6, 6.07) is 18.3. The number of aryl methyl sites for hydroxylation is 1. The van der Waals surface area contributed by atoms with Crippen molar-refractivity contribution in [3.05, 3.63) is 101 Å². The van der Waals surface area contributed by atoms with Crippen LogP contribution in [0.3, 0.4) is 0 Å². The molecule has 9 nitrogen and oxygen atoms in total. The summed E-state index contributed by atoms with van der Waals surface area (Å²) in [4.78, 5) is 13.6. The molecule has 3 aromatic carbocycles. The van der Waals surface area contributed by atoms with Gasteiger partial charge in [0.2, 0.25) is 21.9 Å². The molecule has 12 heteroatoms. The number of piperidine rings is 1. The third-order valence-corrected chi connectivity index (χ3v) is 8.84. The minimum Gasteiger partial charge on any atom is -0.437 e. The number of hydrogen-bond acceptors (Lipinski definition) is 8. The average Bonchev–Trinajstić information content (AvgIpc) is 3.02. The first-order chi connectivity index (χ1) is 21.3. The van der Waals surface area contributed by atoms with Gasteiger partial charge < -0.3 is 15.4 Å². The van der Waals surface area contributed by atoms with Crippen molar-refractivity contribution in [1.82, 2.24) is 20.3 Å². The summed E-state index contributed by atoms with van der Waals surface area (Å²) in [6.45, 7) is 3.71. The highest BCUT2D eigenvalue weighted by molar-refractivity contribution is 7.91. The Morgan fingerprint density at radius 2 is 1.84 bits per heavy atom. The standard InChI is InChI=1S/C32H30ClFN6O3S/c1-20-6-11-24-25(12-13-27(34)29(24)40-44(41,42)19-21-7-9-22(33)10-8-21)30(20)43-31-26(5-3-16-36-31)28-14-17-37-32(39-28)38-23-4-2-15-35-18-23/h3,5-14,16-17,23,35,40H,2,4,15,18-19H2,1H3,(H,37,38,39)/t23-/m0/s1. The van der Waals surface area contributed by atoms with Crippen molar-refractivity contribution in [3.63, 3.8) is 0 Å². The van der Waals surface area contributed by atoms with Gasteiger partial charge in [-0.15, -0.1) is 0 Å². The Kier molecular flexibility index (Phi) is 8.60. The number of rotatable bonds is 9. The van der Waals surface area contributed by atoms with Gasteiger partial charge in [0.15, 0.2) is 0 Å². The summed E-state index contributed by atoms with van der Waals surface area (Å²) in [5, 5.41) is 8.13. The molecule has 1 atom stereocenters. The maximum atomic E-state index is 15.2. The summed E-state index contributed by atoms with van der Waals surface area (Å²) in [5.74, 6) is 0.167. The summed E-state index contributed by atoms with van der Waals surface area (Å²) >= 11 is 5.93. The highest BCUT2D eigenvalue weighted by atomic mass is 35.5. The molecule has 0 spiro atoms. The van der Waals surface area contributed by atoms with E-state index in [0.29, 0.717) is 50.2 Å². The van der Waals surface area contributed by atoms with E-state index in [2.05, 4.69) is 25.3 Å². The summed E-state index contributed by atoms with van der Waals surface area (Å²) < 4.78 is 50.2. The predicted octanol–water partition coefficient (Wildman–Crippen LogP) is 6.69. The molecule has 3 N–H and O–H groups in total. The molecule has 6 rings (SSSR count). The molecule has 1 saturated heterocycles. The molecule has 0 amide bonds. The van der Waals surface area contributed by atoms with Crippen molar-refractivity contribution in [2.75, 3.05) is 23.1 Å². The average molecular weight is 633 g/mol. The first-order valence-corrected chi connectivity index (χ1v) is 16.2. The second kappa shape index (κ2) is 12.7. The zero-order valence-corrected chi connectivity index (χ0v) is 25.4. The zero-order chi connectivity index (χ0) is 30.7. The zero-order valence-electron chi connectivity index (χ0n) is 23.8. The van der Waals surface area contributed by atoms with E-state index in [1.54, 1.807) is 67.0 Å². The van der Waals surface area contributed by atoms with E-state index in [4.69, 9.17) is 21.3 Å². The van der Waals surface area contributed by atoms with E-state index in [9.17, 15) is 8.42 Å². The molecule has 3 heterocycles. The van der Waals surface area contributed by atoms with Crippen LogP contribution >= 0.6 is 11.6 Å². The van der Waals surface area contributed by atoms with E-state index < -0.39 is 15.8 Å². The van der Waals surface area contributed by atoms with Crippen LogP contribution in [0.25, 0.3) is 22.0 Å². The largest absolute Gasteiger partial charge is 0.437 e. The van der Waals surface area contributed by atoms with Crippen LogP contribution in [0.5, 0.6) is 11.6 Å². The number of sulfonamides is 1. The molecular weight excluding hydrogens is 603 g/mol. The number of aromatic nitrogens is 3. The maximum Gasteiger partial charge on any atom is 0.237 e. The van der Waals surface area contributed by atoms with Gasteiger partial charge in [-0.25, -0.2) is 27.8 Å². The topological polar surface area (TPSA) is 118 Å². The minimum atomic E-state index is -3.96. The van der Waals surface area contributed by atoms with Crippen molar-refractivity contribution >= 4 is 44.0 Å². The van der Waals surface area contributed by atoms with Crippen molar-refractivity contribution in [3.8, 4) is 22.9 Å². The molecule has 44 heavy (non-hydrogen) atoms. The van der Waals surface area contributed by atoms with Gasteiger partial charge in [0.1, 0.15) is 11.6 Å². The second-order valence-electron chi connectivity index (χ2n) is 10.6. The number of pyridine rings is 1. The fourth-order valence-corrected chi connectivity index (χ4v) is 6.54. The Balaban J connectivity index is 1.32. The molecule has 0 radical (unpaired) electrons. The van der Waals surface area contributed by atoms with Gasteiger partial charge in [0.05, 0.1) is 22.7 Å². The van der Waals surface area contributed by atoms with Gasteiger partial charge in [-0.05, 0) is 79.9 Å². The molecule has 0 saturated carbocycles. The van der Waals surface area contributed by atoms with E-state index in [1.165, 1.54) is 6.07 Å². The molecule has 226 valence electrons. The fourth-order valence-electron chi connectivity index (χ4n) is 5.19. The first kappa shape index (κ1) is 29.7. The van der Waals surface area contributed by atoms with Gasteiger partial charge >= 0.3 is 0 Å². The fraction of sp³-hybridized carbons (Fsp3) is 0.219. The lowest BCUT2D eigenvalue weighted by Crippen LogP contribution is -2.38. The van der Waals surface area contributed by atoms with Crippen LogP contribution in [0.15, 0.2) is 79.1 Å². The molecule has 1 aliphatic heterocycles. The molecule has 0 bridgehead atoms. The van der Waals surface area contributed by atoms with Gasteiger partial charge in [0, 0.05) is 40.8 Å². The van der Waals surface area contributed by atoms with E-state index in [-0.39, 0.29) is 17.5 Å². The molecular formula is C32H30ClFN6O3S. The lowest BCUT2D eigenvalue weighted by molar-refractivity contribution is 0.466. The third kappa shape index (κ3) is 6.75. The number of halogens is 2. The summed E-state index contributed by atoms with van der Waals surface area (Å²) in [6.07, 6.45) is 5.41. The highest BCUT2D eigenvalue weighted by Gasteiger charge is 2.21. The van der Waals surface area contributed by atoms with Crippen LogP contribution in [0.2, 0.25) is 5.02 Å². The minimum absolute atomic E-state index is 0.161. The number of benzene rings is 3. The van der Waals surface area contributed by atoms with Crippen molar-refractivity contribution in [1.29, 1.82) is 0 Å². The molecule has 1 fully saturated rings. The lowest BCUT2D eigenvalue weighted by Gasteiger charge is -2.23. The Morgan fingerprint density at radius 1 is 1.02 bits per heavy atom. The SMILES string of the molecule is Cc1ccc2c(NS(=O)(=O)Cc3ccc(Cl)cc3)c(F)ccc2c1Oc1ncccc1-c1ccnc(N[C@H]2CCCNC2)n1. The monoisotopic (exact) mass is 632 g/mol. The Labute approximate surface area is 259 Å². The van der Waals surface area contributed by atoms with Crippen molar-refractivity contribution in [2.24, 2.45) is 0 Å². The molecule has 5 aromatic rings. The number of fused-ring (bicyclic) bond motifs is 1. The number of anilines is 2.